The van der Waals surface area contributed by atoms with E-state index in [1.165, 1.54) is 11.3 Å². The van der Waals surface area contributed by atoms with Crippen LogP contribution in [0, 0.1) is 11.8 Å². The molecule has 11 heteroatoms. The number of carbonyl (C=O) groups is 3. The quantitative estimate of drug-likeness (QED) is 0.373. The average molecular weight is 520 g/mol. The van der Waals surface area contributed by atoms with E-state index in [-0.39, 0.29) is 43.0 Å². The standard InChI is InChI=1S/C27H29N5O6/c1-2-36-27(35)20-9-7-19(8-10-20)25(33)30-31(14-18-6-11-23-24(12-18)38-17-37-23)26(34)21-4-3-5-22(13-21)32-16-28-15-29-32/h3-6,11-13,15-16,19-20H,2,7-10,14,17H2,1H3,(H,30,33). The number of amides is 2. The zero-order valence-corrected chi connectivity index (χ0v) is 21.0. The molecule has 38 heavy (non-hydrogen) atoms. The van der Waals surface area contributed by atoms with Crippen molar-refractivity contribution < 1.29 is 28.6 Å². The van der Waals surface area contributed by atoms with Crippen LogP contribution in [0.4, 0.5) is 0 Å². The number of nitrogens with zero attached hydrogens (tertiary/aromatic N) is 4. The van der Waals surface area contributed by atoms with Crippen LogP contribution in [0.25, 0.3) is 5.69 Å². The fourth-order valence-electron chi connectivity index (χ4n) is 4.74. The summed E-state index contributed by atoms with van der Waals surface area (Å²) in [6.45, 7) is 2.38. The fraction of sp³-hybridized carbons (Fsp3) is 0.370. The van der Waals surface area contributed by atoms with Crippen molar-refractivity contribution in [1.29, 1.82) is 0 Å². The van der Waals surface area contributed by atoms with Gasteiger partial charge in [-0.05, 0) is 68.5 Å². The topological polar surface area (TPSA) is 125 Å². The van der Waals surface area contributed by atoms with E-state index in [9.17, 15) is 14.4 Å². The van der Waals surface area contributed by atoms with Crippen molar-refractivity contribution in [3.05, 3.63) is 66.2 Å². The monoisotopic (exact) mass is 519 g/mol. The van der Waals surface area contributed by atoms with Crippen molar-refractivity contribution in [1.82, 2.24) is 25.2 Å². The van der Waals surface area contributed by atoms with Crippen molar-refractivity contribution in [2.24, 2.45) is 11.8 Å². The molecule has 2 aliphatic rings. The summed E-state index contributed by atoms with van der Waals surface area (Å²) in [6, 6.07) is 12.4. The number of hydrogen-bond donors (Lipinski definition) is 1. The molecule has 1 saturated carbocycles. The van der Waals surface area contributed by atoms with E-state index in [1.54, 1.807) is 48.3 Å². The molecule has 0 spiro atoms. The molecule has 3 aromatic rings. The number of nitrogens with one attached hydrogen (secondary N) is 1. The van der Waals surface area contributed by atoms with Gasteiger partial charge >= 0.3 is 5.97 Å². The summed E-state index contributed by atoms with van der Waals surface area (Å²) in [5.74, 6) is -0.120. The summed E-state index contributed by atoms with van der Waals surface area (Å²) in [7, 11) is 0. The summed E-state index contributed by atoms with van der Waals surface area (Å²) in [4.78, 5) is 43.0. The maximum Gasteiger partial charge on any atom is 0.308 e. The van der Waals surface area contributed by atoms with Crippen LogP contribution >= 0.6 is 0 Å². The zero-order valence-electron chi connectivity index (χ0n) is 21.0. The van der Waals surface area contributed by atoms with Gasteiger partial charge in [-0.15, -0.1) is 0 Å². The molecular formula is C27H29N5O6. The second-order valence-corrected chi connectivity index (χ2v) is 9.25. The minimum absolute atomic E-state index is 0.118. The van der Waals surface area contributed by atoms with E-state index in [4.69, 9.17) is 14.2 Å². The van der Waals surface area contributed by atoms with Crippen LogP contribution in [0.5, 0.6) is 11.5 Å². The Morgan fingerprint density at radius 3 is 2.61 bits per heavy atom. The van der Waals surface area contributed by atoms with Gasteiger partial charge < -0.3 is 14.2 Å². The lowest BCUT2D eigenvalue weighted by atomic mass is 9.81. The predicted octanol–water partition coefficient (Wildman–Crippen LogP) is 3.04. The number of aromatic nitrogens is 3. The molecule has 0 saturated heterocycles. The summed E-state index contributed by atoms with van der Waals surface area (Å²) >= 11 is 0. The van der Waals surface area contributed by atoms with E-state index >= 15 is 0 Å². The Bertz CT molecular complexity index is 1300. The van der Waals surface area contributed by atoms with Gasteiger partial charge in [-0.1, -0.05) is 12.1 Å². The molecule has 0 radical (unpaired) electrons. The van der Waals surface area contributed by atoms with Crippen LogP contribution in [0.3, 0.4) is 0 Å². The number of ether oxygens (including phenoxy) is 3. The van der Waals surface area contributed by atoms with Gasteiger partial charge in [0.15, 0.2) is 11.5 Å². The number of hydrogen-bond acceptors (Lipinski definition) is 8. The lowest BCUT2D eigenvalue weighted by molar-refractivity contribution is -0.150. The van der Waals surface area contributed by atoms with E-state index in [0.717, 1.165) is 5.56 Å². The molecule has 11 nitrogen and oxygen atoms in total. The van der Waals surface area contributed by atoms with Crippen LogP contribution < -0.4 is 14.9 Å². The van der Waals surface area contributed by atoms with Crippen LogP contribution in [0.1, 0.15) is 48.5 Å². The predicted molar refractivity (Wildman–Crippen MR) is 134 cm³/mol. The average Bonchev–Trinajstić information content (AvgIpc) is 3.65. The Morgan fingerprint density at radius 1 is 1.05 bits per heavy atom. The second-order valence-electron chi connectivity index (χ2n) is 9.25. The first-order valence-corrected chi connectivity index (χ1v) is 12.6. The van der Waals surface area contributed by atoms with E-state index < -0.39 is 0 Å². The lowest BCUT2D eigenvalue weighted by Crippen LogP contribution is -2.48. The molecule has 0 unspecified atom stereocenters. The fourth-order valence-corrected chi connectivity index (χ4v) is 4.74. The van der Waals surface area contributed by atoms with Gasteiger partial charge in [0.1, 0.15) is 12.7 Å². The van der Waals surface area contributed by atoms with Crippen LogP contribution in [0.2, 0.25) is 0 Å². The Hall–Kier alpha value is -4.41. The highest BCUT2D eigenvalue weighted by molar-refractivity contribution is 5.96. The molecule has 1 N–H and O–H groups in total. The highest BCUT2D eigenvalue weighted by Crippen LogP contribution is 2.33. The Balaban J connectivity index is 1.33. The van der Waals surface area contributed by atoms with Crippen molar-refractivity contribution in [2.75, 3.05) is 13.4 Å². The minimum atomic E-state index is -0.377. The van der Waals surface area contributed by atoms with Crippen molar-refractivity contribution in [3.8, 4) is 17.2 Å². The summed E-state index contributed by atoms with van der Waals surface area (Å²) < 4.78 is 17.6. The normalized spacial score (nSPS) is 18.0. The maximum absolute atomic E-state index is 13.7. The van der Waals surface area contributed by atoms with Crippen molar-refractivity contribution in [2.45, 2.75) is 39.2 Å². The Kier molecular flexibility index (Phi) is 7.52. The number of hydrazine groups is 1. The van der Waals surface area contributed by atoms with Gasteiger partial charge in [0, 0.05) is 11.5 Å². The largest absolute Gasteiger partial charge is 0.466 e. The van der Waals surface area contributed by atoms with E-state index in [2.05, 4.69) is 15.5 Å². The van der Waals surface area contributed by atoms with Crippen molar-refractivity contribution >= 4 is 17.8 Å². The number of rotatable bonds is 7. The third kappa shape index (κ3) is 5.61. The third-order valence-electron chi connectivity index (χ3n) is 6.76. The van der Waals surface area contributed by atoms with Gasteiger partial charge in [0.05, 0.1) is 24.8 Å². The SMILES string of the molecule is CCOC(=O)C1CCC(C(=O)NN(Cc2ccc3c(c2)OCO3)C(=O)c2cccc(-n3cncn3)c2)CC1. The van der Waals surface area contributed by atoms with Gasteiger partial charge in [-0.25, -0.2) is 14.7 Å². The lowest BCUT2D eigenvalue weighted by Gasteiger charge is -2.30. The van der Waals surface area contributed by atoms with E-state index in [1.807, 2.05) is 12.1 Å². The second kappa shape index (κ2) is 11.3. The molecule has 2 aromatic carbocycles. The Labute approximate surface area is 219 Å². The molecular weight excluding hydrogens is 490 g/mol. The molecule has 198 valence electrons. The maximum atomic E-state index is 13.7. The molecule has 1 fully saturated rings. The first-order valence-electron chi connectivity index (χ1n) is 12.6. The zero-order chi connectivity index (χ0) is 26.5. The van der Waals surface area contributed by atoms with Crippen LogP contribution in [-0.4, -0.2) is 51.0 Å². The molecule has 2 heterocycles. The van der Waals surface area contributed by atoms with Crippen LogP contribution in [0.15, 0.2) is 55.1 Å². The number of fused-ring (bicyclic) bond motifs is 1. The highest BCUT2D eigenvalue weighted by Gasteiger charge is 2.32. The molecule has 1 aliphatic heterocycles. The van der Waals surface area contributed by atoms with Crippen molar-refractivity contribution in [3.63, 3.8) is 0 Å². The summed E-state index contributed by atoms with van der Waals surface area (Å²) in [5.41, 5.74) is 4.66. The highest BCUT2D eigenvalue weighted by atomic mass is 16.7. The number of esters is 1. The summed E-state index contributed by atoms with van der Waals surface area (Å²) in [5, 5.41) is 5.44. The van der Waals surface area contributed by atoms with Gasteiger partial charge in [-0.3, -0.25) is 19.8 Å². The smallest absolute Gasteiger partial charge is 0.308 e. The Morgan fingerprint density at radius 2 is 1.84 bits per heavy atom. The minimum Gasteiger partial charge on any atom is -0.466 e. The molecule has 5 rings (SSSR count). The molecule has 0 bridgehead atoms. The van der Waals surface area contributed by atoms with E-state index in [0.29, 0.717) is 55.0 Å². The summed E-state index contributed by atoms with van der Waals surface area (Å²) in [6.07, 6.45) is 5.20. The molecule has 1 aliphatic carbocycles. The molecule has 2 amide bonds. The first-order chi connectivity index (χ1) is 18.5. The number of benzene rings is 2. The first kappa shape index (κ1) is 25.2. The third-order valence-corrected chi connectivity index (χ3v) is 6.76. The number of carbonyl (C=O) groups excluding carboxylic acids is 3. The van der Waals surface area contributed by atoms with Crippen LogP contribution in [-0.2, 0) is 20.9 Å². The van der Waals surface area contributed by atoms with Gasteiger partial charge in [0.2, 0.25) is 12.7 Å². The van der Waals surface area contributed by atoms with Gasteiger partial charge in [-0.2, -0.15) is 5.10 Å². The van der Waals surface area contributed by atoms with Gasteiger partial charge in [0.25, 0.3) is 5.91 Å². The molecule has 0 atom stereocenters. The molecule has 1 aromatic heterocycles.